The van der Waals surface area contributed by atoms with E-state index in [2.05, 4.69) is 20.5 Å². The third-order valence-corrected chi connectivity index (χ3v) is 6.33. The van der Waals surface area contributed by atoms with E-state index < -0.39 is 16.1 Å². The normalized spacial score (nSPS) is 11.1. The molecule has 35 heavy (non-hydrogen) atoms. The number of pyridine rings is 1. The summed E-state index contributed by atoms with van der Waals surface area (Å²) in [5, 5.41) is 5.37. The van der Waals surface area contributed by atoms with Crippen LogP contribution in [0.2, 0.25) is 0 Å². The predicted molar refractivity (Wildman–Crippen MR) is 134 cm³/mol. The Morgan fingerprint density at radius 3 is 2.34 bits per heavy atom. The molecule has 0 fully saturated rings. The van der Waals surface area contributed by atoms with Crippen molar-refractivity contribution in [2.24, 2.45) is 0 Å². The van der Waals surface area contributed by atoms with E-state index in [0.29, 0.717) is 12.2 Å². The van der Waals surface area contributed by atoms with Gasteiger partial charge >= 0.3 is 6.03 Å². The number of nitrogens with zero attached hydrogens (tertiary/aromatic N) is 1. The Bertz CT molecular complexity index is 1360. The minimum absolute atomic E-state index is 0.00941. The van der Waals surface area contributed by atoms with E-state index in [1.165, 1.54) is 24.3 Å². The lowest BCUT2D eigenvalue weighted by molar-refractivity contribution is 0.0798. The monoisotopic (exact) mass is 488 g/mol. The van der Waals surface area contributed by atoms with E-state index in [0.717, 1.165) is 22.3 Å². The van der Waals surface area contributed by atoms with E-state index in [-0.39, 0.29) is 11.5 Å². The van der Waals surface area contributed by atoms with Crippen molar-refractivity contribution in [2.75, 3.05) is 5.32 Å². The summed E-state index contributed by atoms with van der Waals surface area (Å²) in [4.78, 5) is 23.6. The molecule has 0 spiro atoms. The maximum Gasteiger partial charge on any atom is 0.319 e. The quantitative estimate of drug-likeness (QED) is 0.301. The molecular formula is C26H24N4O4S. The van der Waals surface area contributed by atoms with Crippen LogP contribution in [0.25, 0.3) is 11.1 Å². The highest BCUT2D eigenvalue weighted by molar-refractivity contribution is 7.89. The number of urea groups is 1. The predicted octanol–water partition coefficient (Wildman–Crippen LogP) is 4.48. The second-order valence-electron chi connectivity index (χ2n) is 7.59. The van der Waals surface area contributed by atoms with Gasteiger partial charge in [0, 0.05) is 24.6 Å². The topological polar surface area (TPSA) is 109 Å². The van der Waals surface area contributed by atoms with Crippen molar-refractivity contribution in [3.8, 4) is 11.1 Å². The summed E-state index contributed by atoms with van der Waals surface area (Å²) >= 11 is 0. The molecule has 0 saturated carbocycles. The molecule has 0 bridgehead atoms. The molecule has 8 nitrogen and oxygen atoms in total. The first-order valence-electron chi connectivity index (χ1n) is 10.8. The van der Waals surface area contributed by atoms with Crippen molar-refractivity contribution in [1.82, 2.24) is 15.2 Å². The zero-order valence-electron chi connectivity index (χ0n) is 18.7. The Kier molecular flexibility index (Phi) is 7.84. The zero-order chi connectivity index (χ0) is 24.5. The van der Waals surface area contributed by atoms with Gasteiger partial charge in [0.25, 0.3) is 10.0 Å². The molecule has 1 heterocycles. The van der Waals surface area contributed by atoms with E-state index in [1.54, 1.807) is 18.5 Å². The highest BCUT2D eigenvalue weighted by Crippen LogP contribution is 2.24. The van der Waals surface area contributed by atoms with Gasteiger partial charge in [-0.3, -0.25) is 9.82 Å². The van der Waals surface area contributed by atoms with Gasteiger partial charge in [-0.05, 0) is 52.6 Å². The summed E-state index contributed by atoms with van der Waals surface area (Å²) in [5.41, 5.74) is 4.14. The third-order valence-electron chi connectivity index (χ3n) is 5.10. The van der Waals surface area contributed by atoms with E-state index in [4.69, 9.17) is 4.84 Å². The van der Waals surface area contributed by atoms with Crippen molar-refractivity contribution in [3.63, 3.8) is 0 Å². The summed E-state index contributed by atoms with van der Waals surface area (Å²) < 4.78 is 25.3. The maximum atomic E-state index is 12.6. The first kappa shape index (κ1) is 24.1. The summed E-state index contributed by atoms with van der Waals surface area (Å²) in [6, 6.07) is 26.4. The van der Waals surface area contributed by atoms with Gasteiger partial charge in [0.15, 0.2) is 0 Å². The molecular weight excluding hydrogens is 464 g/mol. The SMILES string of the molecule is O=C(NCc1cccnc1)Nc1ccc(S(=O)(=O)NOCc2ccccc2-c2ccccc2)cc1. The summed E-state index contributed by atoms with van der Waals surface area (Å²) in [7, 11) is -3.91. The number of rotatable bonds is 9. The Morgan fingerprint density at radius 2 is 1.60 bits per heavy atom. The number of sulfonamides is 1. The van der Waals surface area contributed by atoms with Gasteiger partial charge in [0.05, 0.1) is 11.5 Å². The Labute approximate surface area is 204 Å². The van der Waals surface area contributed by atoms with Gasteiger partial charge in [-0.1, -0.05) is 65.5 Å². The molecule has 0 aliphatic rings. The molecule has 2 amide bonds. The Balaban J connectivity index is 1.31. The highest BCUT2D eigenvalue weighted by Gasteiger charge is 2.15. The first-order valence-corrected chi connectivity index (χ1v) is 12.3. The Hall–Kier alpha value is -4.05. The molecule has 0 radical (unpaired) electrons. The number of nitrogens with one attached hydrogen (secondary N) is 3. The largest absolute Gasteiger partial charge is 0.334 e. The van der Waals surface area contributed by atoms with Gasteiger partial charge in [-0.2, -0.15) is 0 Å². The van der Waals surface area contributed by atoms with Crippen LogP contribution < -0.4 is 15.5 Å². The summed E-state index contributed by atoms with van der Waals surface area (Å²) in [6.45, 7) is 0.377. The first-order chi connectivity index (χ1) is 17.0. The van der Waals surface area contributed by atoms with Gasteiger partial charge in [-0.25, -0.2) is 13.2 Å². The molecule has 4 rings (SSSR count). The molecule has 4 aromatic rings. The molecule has 0 aliphatic heterocycles. The zero-order valence-corrected chi connectivity index (χ0v) is 19.5. The maximum absolute atomic E-state index is 12.6. The molecule has 0 saturated heterocycles. The molecule has 0 unspecified atom stereocenters. The van der Waals surface area contributed by atoms with Crippen LogP contribution in [-0.2, 0) is 28.0 Å². The number of aromatic nitrogens is 1. The second kappa shape index (κ2) is 11.4. The van der Waals surface area contributed by atoms with Crippen molar-refractivity contribution < 1.29 is 18.0 Å². The molecule has 3 N–H and O–H groups in total. The lowest BCUT2D eigenvalue weighted by Gasteiger charge is -2.12. The fourth-order valence-corrected chi connectivity index (χ4v) is 4.16. The van der Waals surface area contributed by atoms with E-state index in [9.17, 15) is 13.2 Å². The minimum atomic E-state index is -3.91. The number of hydrogen-bond donors (Lipinski definition) is 3. The van der Waals surface area contributed by atoms with Crippen LogP contribution in [0.4, 0.5) is 10.5 Å². The number of carbonyl (C=O) groups excluding carboxylic acids is 1. The lowest BCUT2D eigenvalue weighted by atomic mass is 10.0. The smallest absolute Gasteiger partial charge is 0.319 e. The van der Waals surface area contributed by atoms with Crippen LogP contribution in [0.5, 0.6) is 0 Å². The van der Waals surface area contributed by atoms with Crippen LogP contribution in [0.15, 0.2) is 108 Å². The molecule has 3 aromatic carbocycles. The number of carbonyl (C=O) groups is 1. The number of benzene rings is 3. The van der Waals surface area contributed by atoms with Crippen LogP contribution in [0, 0.1) is 0 Å². The van der Waals surface area contributed by atoms with Crippen molar-refractivity contribution in [3.05, 3.63) is 115 Å². The average Bonchev–Trinajstić information content (AvgIpc) is 2.89. The fraction of sp³-hybridized carbons (Fsp3) is 0.0769. The van der Waals surface area contributed by atoms with Crippen LogP contribution in [0.1, 0.15) is 11.1 Å². The molecule has 0 atom stereocenters. The van der Waals surface area contributed by atoms with Crippen LogP contribution in [-0.4, -0.2) is 19.4 Å². The molecule has 1 aromatic heterocycles. The summed E-state index contributed by atoms with van der Waals surface area (Å²) in [6.07, 6.45) is 3.32. The number of anilines is 1. The van der Waals surface area contributed by atoms with Gasteiger partial charge in [-0.15, -0.1) is 0 Å². The lowest BCUT2D eigenvalue weighted by Crippen LogP contribution is -2.28. The van der Waals surface area contributed by atoms with Crippen molar-refractivity contribution in [2.45, 2.75) is 18.0 Å². The molecule has 178 valence electrons. The van der Waals surface area contributed by atoms with Crippen LogP contribution >= 0.6 is 0 Å². The van der Waals surface area contributed by atoms with Gasteiger partial charge in [0.1, 0.15) is 0 Å². The average molecular weight is 489 g/mol. The Morgan fingerprint density at radius 1 is 0.857 bits per heavy atom. The van der Waals surface area contributed by atoms with E-state index >= 15 is 0 Å². The van der Waals surface area contributed by atoms with Gasteiger partial charge in [0.2, 0.25) is 0 Å². The number of hydrogen-bond acceptors (Lipinski definition) is 5. The highest BCUT2D eigenvalue weighted by atomic mass is 32.2. The van der Waals surface area contributed by atoms with Crippen molar-refractivity contribution in [1.29, 1.82) is 0 Å². The molecule has 0 aliphatic carbocycles. The van der Waals surface area contributed by atoms with E-state index in [1.807, 2.05) is 60.7 Å². The third kappa shape index (κ3) is 6.73. The molecule has 9 heteroatoms. The minimum Gasteiger partial charge on any atom is -0.334 e. The fourth-order valence-electron chi connectivity index (χ4n) is 3.36. The second-order valence-corrected chi connectivity index (χ2v) is 9.24. The summed E-state index contributed by atoms with van der Waals surface area (Å²) in [5.74, 6) is 0. The van der Waals surface area contributed by atoms with Gasteiger partial charge < -0.3 is 10.6 Å². The van der Waals surface area contributed by atoms with Crippen molar-refractivity contribution >= 4 is 21.7 Å². The standard InChI is InChI=1S/C26H24N4O4S/c31-26(28-18-20-7-6-16-27-17-20)29-23-12-14-24(15-13-23)35(32,33)30-34-19-22-10-4-5-11-25(22)21-8-2-1-3-9-21/h1-17,30H,18-19H2,(H2,28,29,31). The van der Waals surface area contributed by atoms with Crippen LogP contribution in [0.3, 0.4) is 0 Å². The number of amides is 2.